The number of imidazole rings is 1. The Hall–Kier alpha value is -1.43. The lowest BCUT2D eigenvalue weighted by atomic mass is 10.4. The molecular formula is C10H12N4OS. The molecular weight excluding hydrogens is 224 g/mol. The van der Waals surface area contributed by atoms with E-state index >= 15 is 0 Å². The van der Waals surface area contributed by atoms with Crippen molar-refractivity contribution in [1.29, 1.82) is 0 Å². The number of fused-ring (bicyclic) bond motifs is 1. The second kappa shape index (κ2) is 3.55. The van der Waals surface area contributed by atoms with Gasteiger partial charge < -0.3 is 4.90 Å². The van der Waals surface area contributed by atoms with Gasteiger partial charge in [0.1, 0.15) is 10.7 Å². The molecule has 0 atom stereocenters. The van der Waals surface area contributed by atoms with Crippen molar-refractivity contribution in [1.82, 2.24) is 19.5 Å². The molecule has 0 unspecified atom stereocenters. The van der Waals surface area contributed by atoms with Crippen LogP contribution in [0.5, 0.6) is 0 Å². The highest BCUT2D eigenvalue weighted by atomic mass is 32.1. The van der Waals surface area contributed by atoms with Gasteiger partial charge in [0.25, 0.3) is 5.91 Å². The van der Waals surface area contributed by atoms with Crippen LogP contribution in [0.4, 0.5) is 0 Å². The van der Waals surface area contributed by atoms with Crippen molar-refractivity contribution in [3.8, 4) is 0 Å². The molecule has 1 aliphatic heterocycles. The summed E-state index contributed by atoms with van der Waals surface area (Å²) >= 11 is 1.50. The number of aromatic nitrogens is 3. The van der Waals surface area contributed by atoms with Gasteiger partial charge in [0.15, 0.2) is 0 Å². The minimum absolute atomic E-state index is 0.0350. The Morgan fingerprint density at radius 1 is 1.44 bits per heavy atom. The van der Waals surface area contributed by atoms with Gasteiger partial charge in [0.2, 0.25) is 4.96 Å². The standard InChI is InChI=1S/C10H12N4OS/c1-7-12-14-6-8(11-10(14)16-7)9(15)13-4-2-3-5-13/h6H,2-5H2,1H3. The minimum Gasteiger partial charge on any atom is -0.337 e. The van der Waals surface area contributed by atoms with Crippen LogP contribution >= 0.6 is 11.3 Å². The van der Waals surface area contributed by atoms with E-state index in [1.807, 2.05) is 11.8 Å². The van der Waals surface area contributed by atoms with E-state index in [1.54, 1.807) is 10.7 Å². The largest absolute Gasteiger partial charge is 0.337 e. The number of carbonyl (C=O) groups excluding carboxylic acids is 1. The average molecular weight is 236 g/mol. The summed E-state index contributed by atoms with van der Waals surface area (Å²) in [4.78, 5) is 19.0. The zero-order chi connectivity index (χ0) is 11.1. The summed E-state index contributed by atoms with van der Waals surface area (Å²) in [5, 5.41) is 5.21. The van der Waals surface area contributed by atoms with E-state index in [0.29, 0.717) is 5.69 Å². The second-order valence-corrected chi connectivity index (χ2v) is 5.13. The number of likely N-dealkylation sites (tertiary alicyclic amines) is 1. The topological polar surface area (TPSA) is 50.5 Å². The first-order valence-corrected chi connectivity index (χ1v) is 6.18. The maximum Gasteiger partial charge on any atom is 0.274 e. The van der Waals surface area contributed by atoms with Crippen LogP contribution in [-0.2, 0) is 0 Å². The third-order valence-electron chi connectivity index (χ3n) is 2.76. The lowest BCUT2D eigenvalue weighted by molar-refractivity contribution is 0.0787. The fraction of sp³-hybridized carbons (Fsp3) is 0.500. The zero-order valence-corrected chi connectivity index (χ0v) is 9.83. The molecule has 5 nitrogen and oxygen atoms in total. The summed E-state index contributed by atoms with van der Waals surface area (Å²) in [5.74, 6) is 0.0350. The van der Waals surface area contributed by atoms with E-state index in [9.17, 15) is 4.79 Å². The number of hydrogen-bond donors (Lipinski definition) is 0. The number of rotatable bonds is 1. The molecule has 0 radical (unpaired) electrons. The van der Waals surface area contributed by atoms with Crippen molar-refractivity contribution in [2.75, 3.05) is 13.1 Å². The van der Waals surface area contributed by atoms with E-state index < -0.39 is 0 Å². The molecule has 0 saturated carbocycles. The van der Waals surface area contributed by atoms with Crippen LogP contribution in [0.15, 0.2) is 6.20 Å². The summed E-state index contributed by atoms with van der Waals surface area (Å²) in [7, 11) is 0. The van der Waals surface area contributed by atoms with Gasteiger partial charge in [-0.05, 0) is 19.8 Å². The average Bonchev–Trinajstić information content (AvgIpc) is 2.89. The van der Waals surface area contributed by atoms with Gasteiger partial charge in [-0.25, -0.2) is 9.50 Å². The monoisotopic (exact) mass is 236 g/mol. The molecule has 3 heterocycles. The van der Waals surface area contributed by atoms with E-state index in [4.69, 9.17) is 0 Å². The molecule has 0 aromatic carbocycles. The molecule has 1 aliphatic rings. The van der Waals surface area contributed by atoms with Gasteiger partial charge in [-0.3, -0.25) is 4.79 Å². The van der Waals surface area contributed by atoms with Crippen LogP contribution in [0.2, 0.25) is 0 Å². The van der Waals surface area contributed by atoms with Crippen molar-refractivity contribution in [3.63, 3.8) is 0 Å². The first kappa shape index (κ1) is 9.77. The van der Waals surface area contributed by atoms with Crippen molar-refractivity contribution in [3.05, 3.63) is 16.9 Å². The van der Waals surface area contributed by atoms with Crippen LogP contribution in [0, 0.1) is 6.92 Å². The highest BCUT2D eigenvalue weighted by Crippen LogP contribution is 2.16. The van der Waals surface area contributed by atoms with E-state index in [0.717, 1.165) is 35.9 Å². The lowest BCUT2D eigenvalue weighted by Gasteiger charge is -2.12. The zero-order valence-electron chi connectivity index (χ0n) is 9.01. The van der Waals surface area contributed by atoms with Gasteiger partial charge in [-0.1, -0.05) is 11.3 Å². The molecule has 6 heteroatoms. The third-order valence-corrected chi connectivity index (χ3v) is 3.59. The summed E-state index contributed by atoms with van der Waals surface area (Å²) in [6, 6.07) is 0. The first-order chi connectivity index (χ1) is 7.74. The van der Waals surface area contributed by atoms with Crippen LogP contribution in [-0.4, -0.2) is 38.5 Å². The Balaban J connectivity index is 1.92. The van der Waals surface area contributed by atoms with Crippen LogP contribution in [0.3, 0.4) is 0 Å². The number of amides is 1. The third kappa shape index (κ3) is 1.49. The Kier molecular flexibility index (Phi) is 2.17. The van der Waals surface area contributed by atoms with Gasteiger partial charge in [0, 0.05) is 13.1 Å². The molecule has 1 fully saturated rings. The minimum atomic E-state index is 0.0350. The Labute approximate surface area is 96.7 Å². The summed E-state index contributed by atoms with van der Waals surface area (Å²) in [6.07, 6.45) is 3.93. The van der Waals surface area contributed by atoms with E-state index in [2.05, 4.69) is 10.1 Å². The Bertz CT molecular complexity index is 506. The smallest absolute Gasteiger partial charge is 0.274 e. The molecule has 2 aromatic rings. The van der Waals surface area contributed by atoms with Gasteiger partial charge >= 0.3 is 0 Å². The molecule has 0 aliphatic carbocycles. The molecule has 16 heavy (non-hydrogen) atoms. The lowest BCUT2D eigenvalue weighted by Crippen LogP contribution is -2.27. The SMILES string of the molecule is Cc1nn2cc(C(=O)N3CCCC3)nc2s1. The van der Waals surface area contributed by atoms with E-state index in [-0.39, 0.29) is 5.91 Å². The molecule has 0 N–H and O–H groups in total. The highest BCUT2D eigenvalue weighted by molar-refractivity contribution is 7.16. The highest BCUT2D eigenvalue weighted by Gasteiger charge is 2.22. The molecule has 0 bridgehead atoms. The van der Waals surface area contributed by atoms with Crippen molar-refractivity contribution >= 4 is 22.2 Å². The summed E-state index contributed by atoms with van der Waals surface area (Å²) < 4.78 is 1.68. The van der Waals surface area contributed by atoms with Crippen LogP contribution in [0.25, 0.3) is 4.96 Å². The summed E-state index contributed by atoms with van der Waals surface area (Å²) in [6.45, 7) is 3.65. The Morgan fingerprint density at radius 3 is 2.88 bits per heavy atom. The van der Waals surface area contributed by atoms with Gasteiger partial charge in [0.05, 0.1) is 6.20 Å². The quantitative estimate of drug-likeness (QED) is 0.750. The first-order valence-electron chi connectivity index (χ1n) is 5.36. The predicted octanol–water partition coefficient (Wildman–Crippen LogP) is 1.34. The number of hydrogen-bond acceptors (Lipinski definition) is 4. The number of carbonyl (C=O) groups is 1. The van der Waals surface area contributed by atoms with Gasteiger partial charge in [-0.15, -0.1) is 0 Å². The van der Waals surface area contributed by atoms with E-state index in [1.165, 1.54) is 11.3 Å². The predicted molar refractivity (Wildman–Crippen MR) is 60.7 cm³/mol. The number of nitrogens with zero attached hydrogens (tertiary/aromatic N) is 4. The van der Waals surface area contributed by atoms with Gasteiger partial charge in [-0.2, -0.15) is 5.10 Å². The molecule has 3 rings (SSSR count). The second-order valence-electron chi connectivity index (χ2n) is 3.97. The van der Waals surface area contributed by atoms with Crippen LogP contribution in [0.1, 0.15) is 28.3 Å². The normalized spacial score (nSPS) is 16.2. The molecule has 0 spiro atoms. The van der Waals surface area contributed by atoms with Crippen molar-refractivity contribution in [2.45, 2.75) is 19.8 Å². The fourth-order valence-electron chi connectivity index (χ4n) is 1.98. The maximum atomic E-state index is 12.0. The van der Waals surface area contributed by atoms with Crippen molar-refractivity contribution < 1.29 is 4.79 Å². The van der Waals surface area contributed by atoms with Crippen molar-refractivity contribution in [2.24, 2.45) is 0 Å². The maximum absolute atomic E-state index is 12.0. The fourth-order valence-corrected chi connectivity index (χ4v) is 2.71. The molecule has 2 aromatic heterocycles. The van der Waals surface area contributed by atoms with Crippen LogP contribution < -0.4 is 0 Å². The Morgan fingerprint density at radius 2 is 2.19 bits per heavy atom. The number of aryl methyl sites for hydroxylation is 1. The molecule has 84 valence electrons. The molecule has 1 saturated heterocycles. The summed E-state index contributed by atoms with van der Waals surface area (Å²) in [5.41, 5.74) is 0.514. The molecule has 1 amide bonds.